The number of aliphatic hydroxyl groups excluding tert-OH is 1. The molecule has 6 nitrogen and oxygen atoms in total. The topological polar surface area (TPSA) is 70.1 Å². The summed E-state index contributed by atoms with van der Waals surface area (Å²) in [5.74, 6) is -0.882. The number of anilines is 2. The van der Waals surface area contributed by atoms with Gasteiger partial charge in [0.2, 0.25) is 0 Å². The van der Waals surface area contributed by atoms with E-state index < -0.39 is 17.7 Å². The molecule has 1 unspecified atom stereocenters. The van der Waals surface area contributed by atoms with Gasteiger partial charge in [-0.3, -0.25) is 14.5 Å². The van der Waals surface area contributed by atoms with Crippen molar-refractivity contribution in [1.82, 2.24) is 0 Å². The molecule has 0 radical (unpaired) electrons. The number of aliphatic hydroxyl groups is 1. The Bertz CT molecular complexity index is 1230. The molecule has 4 rings (SSSR count). The third-order valence-corrected chi connectivity index (χ3v) is 6.35. The summed E-state index contributed by atoms with van der Waals surface area (Å²) in [5.41, 5.74) is 2.83. The predicted molar refractivity (Wildman–Crippen MR) is 143 cm³/mol. The number of nitrogens with zero attached hydrogens (tertiary/aromatic N) is 2. The average Bonchev–Trinajstić information content (AvgIpc) is 3.17. The first kappa shape index (κ1) is 25.0. The zero-order valence-electron chi connectivity index (χ0n) is 21.0. The summed E-state index contributed by atoms with van der Waals surface area (Å²) in [5, 5.41) is 11.3. The van der Waals surface area contributed by atoms with Crippen molar-refractivity contribution in [2.24, 2.45) is 0 Å². The Balaban J connectivity index is 1.73. The zero-order valence-corrected chi connectivity index (χ0v) is 21.0. The summed E-state index contributed by atoms with van der Waals surface area (Å²) in [6.07, 6.45) is 3.21. The van der Waals surface area contributed by atoms with Crippen molar-refractivity contribution in [3.8, 4) is 5.75 Å². The quantitative estimate of drug-likeness (QED) is 0.176. The highest BCUT2D eigenvalue weighted by atomic mass is 16.5. The molecule has 0 spiro atoms. The van der Waals surface area contributed by atoms with Crippen LogP contribution in [0.1, 0.15) is 43.4 Å². The number of unbranched alkanes of at least 4 members (excludes halogenated alkanes) is 2. The van der Waals surface area contributed by atoms with Crippen LogP contribution < -0.4 is 14.5 Å². The van der Waals surface area contributed by atoms with E-state index in [0.29, 0.717) is 23.6 Å². The van der Waals surface area contributed by atoms with E-state index in [1.54, 1.807) is 24.3 Å². The van der Waals surface area contributed by atoms with Gasteiger partial charge in [-0.15, -0.1) is 0 Å². The number of Topliss-reactive ketones (excluding diaryl/α,β-unsaturated/α-hetero) is 1. The van der Waals surface area contributed by atoms with Crippen molar-refractivity contribution in [3.05, 3.63) is 95.6 Å². The summed E-state index contributed by atoms with van der Waals surface area (Å²) in [6, 6.07) is 23.0. The van der Waals surface area contributed by atoms with E-state index in [9.17, 15) is 14.7 Å². The van der Waals surface area contributed by atoms with Gasteiger partial charge in [-0.25, -0.2) is 0 Å². The molecule has 1 aliphatic heterocycles. The van der Waals surface area contributed by atoms with E-state index in [2.05, 4.69) is 6.92 Å². The second-order valence-corrected chi connectivity index (χ2v) is 9.07. The Hall–Kier alpha value is -4.06. The van der Waals surface area contributed by atoms with Crippen molar-refractivity contribution < 1.29 is 19.4 Å². The number of ketones is 1. The third kappa shape index (κ3) is 5.13. The van der Waals surface area contributed by atoms with Gasteiger partial charge in [0.05, 0.1) is 18.2 Å². The summed E-state index contributed by atoms with van der Waals surface area (Å²) in [6.45, 7) is 2.77. The number of ether oxygens (including phenoxy) is 1. The first-order valence-corrected chi connectivity index (χ1v) is 12.3. The SMILES string of the molecule is CCCCCOc1ccc(/C(O)=C2\C(=O)C(=O)N(c3ccc(N(C)C)cc3)C2c2ccccc2)cc1. The Morgan fingerprint density at radius 2 is 1.58 bits per heavy atom. The highest BCUT2D eigenvalue weighted by Crippen LogP contribution is 2.42. The minimum atomic E-state index is -0.749. The molecular formula is C30H32N2O4. The lowest BCUT2D eigenvalue weighted by atomic mass is 9.95. The van der Waals surface area contributed by atoms with E-state index in [-0.39, 0.29) is 11.3 Å². The van der Waals surface area contributed by atoms with E-state index in [0.717, 1.165) is 30.5 Å². The minimum Gasteiger partial charge on any atom is -0.507 e. The summed E-state index contributed by atoms with van der Waals surface area (Å²) in [4.78, 5) is 30.0. The molecule has 0 bridgehead atoms. The standard InChI is InChI=1S/C30H32N2O4/c1-4-5-9-20-36-25-18-12-22(13-19-25)28(33)26-27(21-10-7-6-8-11-21)32(30(35)29(26)34)24-16-14-23(15-17-24)31(2)3/h6-8,10-19,27,33H,4-5,9,20H2,1-3H3/b28-26+. The summed E-state index contributed by atoms with van der Waals surface area (Å²) < 4.78 is 5.77. The molecule has 1 fully saturated rings. The monoisotopic (exact) mass is 484 g/mol. The maximum Gasteiger partial charge on any atom is 0.300 e. The lowest BCUT2D eigenvalue weighted by molar-refractivity contribution is -0.132. The van der Waals surface area contributed by atoms with Gasteiger partial charge in [0.15, 0.2) is 0 Å². The molecule has 1 atom stereocenters. The Morgan fingerprint density at radius 3 is 2.19 bits per heavy atom. The van der Waals surface area contributed by atoms with Gasteiger partial charge in [0.1, 0.15) is 11.5 Å². The van der Waals surface area contributed by atoms with Gasteiger partial charge >= 0.3 is 0 Å². The van der Waals surface area contributed by atoms with Crippen molar-refractivity contribution in [1.29, 1.82) is 0 Å². The van der Waals surface area contributed by atoms with Crippen LogP contribution >= 0.6 is 0 Å². The number of carbonyl (C=O) groups excluding carboxylic acids is 2. The second kappa shape index (κ2) is 11.1. The first-order chi connectivity index (χ1) is 17.4. The molecule has 1 aliphatic rings. The lowest BCUT2D eigenvalue weighted by Crippen LogP contribution is -2.29. The van der Waals surface area contributed by atoms with Crippen LogP contribution in [-0.4, -0.2) is 37.5 Å². The van der Waals surface area contributed by atoms with Crippen molar-refractivity contribution >= 4 is 28.8 Å². The maximum atomic E-state index is 13.3. The second-order valence-electron chi connectivity index (χ2n) is 9.07. The van der Waals surface area contributed by atoms with E-state index in [4.69, 9.17) is 4.74 Å². The number of hydrogen-bond donors (Lipinski definition) is 1. The minimum absolute atomic E-state index is 0.0690. The Labute approximate surface area is 212 Å². The van der Waals surface area contributed by atoms with Gasteiger partial charge in [0.25, 0.3) is 11.7 Å². The fraction of sp³-hybridized carbons (Fsp3) is 0.267. The van der Waals surface area contributed by atoms with Crippen LogP contribution in [0.25, 0.3) is 5.76 Å². The number of rotatable bonds is 9. The van der Waals surface area contributed by atoms with Crippen molar-refractivity contribution in [2.45, 2.75) is 32.2 Å². The molecule has 3 aromatic carbocycles. The van der Waals surface area contributed by atoms with Crippen molar-refractivity contribution in [3.63, 3.8) is 0 Å². The maximum absolute atomic E-state index is 13.3. The molecule has 1 saturated heterocycles. The van der Waals surface area contributed by atoms with Crippen LogP contribution in [0.3, 0.4) is 0 Å². The third-order valence-electron chi connectivity index (χ3n) is 6.35. The van der Waals surface area contributed by atoms with Gasteiger partial charge in [-0.1, -0.05) is 50.1 Å². The van der Waals surface area contributed by atoms with E-state index in [1.807, 2.05) is 73.6 Å². The van der Waals surface area contributed by atoms with Crippen LogP contribution in [0.15, 0.2) is 84.4 Å². The fourth-order valence-electron chi connectivity index (χ4n) is 4.37. The highest BCUT2D eigenvalue weighted by molar-refractivity contribution is 6.51. The zero-order chi connectivity index (χ0) is 25.7. The van der Waals surface area contributed by atoms with Gasteiger partial charge in [0, 0.05) is 31.0 Å². The van der Waals surface area contributed by atoms with Crippen molar-refractivity contribution in [2.75, 3.05) is 30.5 Å². The van der Waals surface area contributed by atoms with Crippen LogP contribution in [0.4, 0.5) is 11.4 Å². The molecule has 0 aliphatic carbocycles. The van der Waals surface area contributed by atoms with Gasteiger partial charge < -0.3 is 14.7 Å². The summed E-state index contributed by atoms with van der Waals surface area (Å²) >= 11 is 0. The van der Waals surface area contributed by atoms with E-state index >= 15 is 0 Å². The predicted octanol–water partition coefficient (Wildman–Crippen LogP) is 5.95. The smallest absolute Gasteiger partial charge is 0.300 e. The normalized spacial score (nSPS) is 16.9. The molecule has 36 heavy (non-hydrogen) atoms. The van der Waals surface area contributed by atoms with Crippen LogP contribution in [0.2, 0.25) is 0 Å². The summed E-state index contributed by atoms with van der Waals surface area (Å²) in [7, 11) is 3.87. The molecule has 0 aromatic heterocycles. The molecule has 0 saturated carbocycles. The lowest BCUT2D eigenvalue weighted by Gasteiger charge is -2.26. The molecule has 1 N–H and O–H groups in total. The van der Waals surface area contributed by atoms with Gasteiger partial charge in [-0.2, -0.15) is 0 Å². The Kier molecular flexibility index (Phi) is 7.74. The van der Waals surface area contributed by atoms with Gasteiger partial charge in [-0.05, 0) is 60.5 Å². The average molecular weight is 485 g/mol. The largest absolute Gasteiger partial charge is 0.507 e. The number of carbonyl (C=O) groups is 2. The molecule has 1 heterocycles. The number of benzene rings is 3. The van der Waals surface area contributed by atoms with Crippen LogP contribution in [0.5, 0.6) is 5.75 Å². The number of hydrogen-bond acceptors (Lipinski definition) is 5. The molecule has 6 heteroatoms. The van der Waals surface area contributed by atoms with Crippen LogP contribution in [0, 0.1) is 0 Å². The fourth-order valence-corrected chi connectivity index (χ4v) is 4.37. The first-order valence-electron chi connectivity index (χ1n) is 12.3. The van der Waals surface area contributed by atoms with Crippen LogP contribution in [-0.2, 0) is 9.59 Å². The Morgan fingerprint density at radius 1 is 0.917 bits per heavy atom. The molecule has 3 aromatic rings. The molecule has 186 valence electrons. The van der Waals surface area contributed by atoms with E-state index in [1.165, 1.54) is 4.90 Å². The highest BCUT2D eigenvalue weighted by Gasteiger charge is 2.46. The molecular weight excluding hydrogens is 452 g/mol. The molecule has 1 amide bonds. The number of amides is 1.